The largest absolute Gasteiger partial charge is 0.447 e. The van der Waals surface area contributed by atoms with E-state index in [4.69, 9.17) is 32.5 Å². The first kappa shape index (κ1) is 16.3. The second-order valence-corrected chi connectivity index (χ2v) is 5.26. The first-order valence-corrected chi connectivity index (χ1v) is 7.03. The van der Waals surface area contributed by atoms with E-state index >= 15 is 0 Å². The Morgan fingerprint density at radius 1 is 1.36 bits per heavy atom. The van der Waals surface area contributed by atoms with E-state index in [9.17, 15) is 9.59 Å². The van der Waals surface area contributed by atoms with E-state index in [0.717, 1.165) is 0 Å². The number of aryl methyl sites for hydroxylation is 1. The maximum Gasteiger partial charge on any atom is 0.377 e. The molecule has 2 rings (SSSR count). The van der Waals surface area contributed by atoms with Crippen LogP contribution in [0.2, 0.25) is 10.0 Å². The van der Waals surface area contributed by atoms with Crippen LogP contribution in [0.25, 0.3) is 0 Å². The van der Waals surface area contributed by atoms with Crippen LogP contribution in [0.3, 0.4) is 0 Å². The summed E-state index contributed by atoms with van der Waals surface area (Å²) in [5.41, 5.74) is 0.868. The fourth-order valence-electron chi connectivity index (χ4n) is 1.57. The summed E-state index contributed by atoms with van der Waals surface area (Å²) >= 11 is 11.8. The van der Waals surface area contributed by atoms with Gasteiger partial charge in [-0.2, -0.15) is 0 Å². The zero-order chi connectivity index (χ0) is 16.3. The summed E-state index contributed by atoms with van der Waals surface area (Å²) in [5.74, 6) is -1.40. The molecule has 0 bridgehead atoms. The Labute approximate surface area is 136 Å². The quantitative estimate of drug-likeness (QED) is 0.860. The van der Waals surface area contributed by atoms with Crippen molar-refractivity contribution in [2.75, 3.05) is 5.32 Å². The molecule has 2 aromatic rings. The zero-order valence-electron chi connectivity index (χ0n) is 11.7. The third-order valence-corrected chi connectivity index (χ3v) is 3.51. The van der Waals surface area contributed by atoms with Crippen LogP contribution in [0.4, 0.5) is 5.69 Å². The number of halogens is 2. The fourth-order valence-corrected chi connectivity index (χ4v) is 1.91. The summed E-state index contributed by atoms with van der Waals surface area (Å²) in [4.78, 5) is 23.8. The molecule has 1 aromatic heterocycles. The first-order chi connectivity index (χ1) is 10.4. The Morgan fingerprint density at radius 2 is 2.09 bits per heavy atom. The number of hydrogen-bond donors (Lipinski definition) is 1. The van der Waals surface area contributed by atoms with Crippen LogP contribution >= 0.6 is 23.2 Å². The highest BCUT2D eigenvalue weighted by Crippen LogP contribution is 2.29. The molecule has 0 aliphatic heterocycles. The number of esters is 1. The maximum atomic E-state index is 12.0. The van der Waals surface area contributed by atoms with Crippen LogP contribution in [0, 0.1) is 6.92 Å². The van der Waals surface area contributed by atoms with Gasteiger partial charge in [0.1, 0.15) is 0 Å². The molecule has 22 heavy (non-hydrogen) atoms. The number of hydrogen-bond acceptors (Lipinski definition) is 5. The third-order valence-electron chi connectivity index (χ3n) is 2.69. The second-order valence-electron chi connectivity index (χ2n) is 4.47. The van der Waals surface area contributed by atoms with Gasteiger partial charge in [0, 0.05) is 6.07 Å². The Bertz CT molecular complexity index is 715. The Kier molecular flexibility index (Phi) is 5.05. The molecule has 116 valence electrons. The number of aromatic nitrogens is 1. The van der Waals surface area contributed by atoms with E-state index < -0.39 is 18.0 Å². The van der Waals surface area contributed by atoms with E-state index in [1.165, 1.54) is 13.0 Å². The van der Waals surface area contributed by atoms with Gasteiger partial charge >= 0.3 is 5.97 Å². The van der Waals surface area contributed by atoms with Gasteiger partial charge in [-0.15, -0.1) is 0 Å². The van der Waals surface area contributed by atoms with Gasteiger partial charge in [0.2, 0.25) is 5.76 Å². The van der Waals surface area contributed by atoms with Gasteiger partial charge < -0.3 is 14.6 Å². The van der Waals surface area contributed by atoms with Crippen molar-refractivity contribution in [2.45, 2.75) is 20.0 Å². The van der Waals surface area contributed by atoms with Crippen LogP contribution in [0.1, 0.15) is 23.2 Å². The molecule has 1 amide bonds. The van der Waals surface area contributed by atoms with Gasteiger partial charge in [-0.3, -0.25) is 4.79 Å². The molecule has 0 saturated heterocycles. The molecule has 6 nitrogen and oxygen atoms in total. The molecular formula is C14H12Cl2N2O4. The van der Waals surface area contributed by atoms with Crippen LogP contribution < -0.4 is 5.32 Å². The third kappa shape index (κ3) is 3.78. The maximum absolute atomic E-state index is 12.0. The molecule has 0 radical (unpaired) electrons. The average Bonchev–Trinajstić information content (AvgIpc) is 2.90. The van der Waals surface area contributed by atoms with Crippen LogP contribution in [-0.4, -0.2) is 23.1 Å². The van der Waals surface area contributed by atoms with Gasteiger partial charge in [0.05, 0.1) is 21.4 Å². The lowest BCUT2D eigenvalue weighted by atomic mass is 10.3. The highest BCUT2D eigenvalue weighted by molar-refractivity contribution is 6.44. The van der Waals surface area contributed by atoms with E-state index in [1.54, 1.807) is 25.1 Å². The van der Waals surface area contributed by atoms with Gasteiger partial charge in [0.25, 0.3) is 5.91 Å². The lowest BCUT2D eigenvalue weighted by molar-refractivity contribution is -0.123. The molecule has 0 aliphatic carbocycles. The molecular weight excluding hydrogens is 331 g/mol. The smallest absolute Gasteiger partial charge is 0.377 e. The number of anilines is 1. The molecule has 1 aromatic carbocycles. The number of ether oxygens (including phenoxy) is 1. The number of carbonyl (C=O) groups is 2. The van der Waals surface area contributed by atoms with Crippen molar-refractivity contribution in [3.63, 3.8) is 0 Å². The predicted molar refractivity (Wildman–Crippen MR) is 81.2 cm³/mol. The van der Waals surface area contributed by atoms with Gasteiger partial charge in [0.15, 0.2) is 6.10 Å². The normalized spacial score (nSPS) is 11.8. The van der Waals surface area contributed by atoms with Crippen LogP contribution in [0.5, 0.6) is 0 Å². The Morgan fingerprint density at radius 3 is 2.73 bits per heavy atom. The monoisotopic (exact) mass is 342 g/mol. The lowest BCUT2D eigenvalue weighted by Gasteiger charge is -2.13. The van der Waals surface area contributed by atoms with Gasteiger partial charge in [-0.25, -0.2) is 4.79 Å². The van der Waals surface area contributed by atoms with E-state index in [0.29, 0.717) is 16.4 Å². The first-order valence-electron chi connectivity index (χ1n) is 6.27. The summed E-state index contributed by atoms with van der Waals surface area (Å²) in [6.45, 7) is 3.09. The van der Waals surface area contributed by atoms with Crippen molar-refractivity contribution in [3.05, 3.63) is 45.8 Å². The van der Waals surface area contributed by atoms with Gasteiger partial charge in [-0.1, -0.05) is 34.4 Å². The molecule has 1 atom stereocenters. The SMILES string of the molecule is Cc1cc(C(=O)O[C@H](C)C(=O)Nc2cccc(Cl)c2Cl)on1. The molecule has 0 spiro atoms. The highest BCUT2D eigenvalue weighted by Gasteiger charge is 2.22. The number of nitrogens with one attached hydrogen (secondary N) is 1. The Hall–Kier alpha value is -2.05. The molecule has 1 N–H and O–H groups in total. The highest BCUT2D eigenvalue weighted by atomic mass is 35.5. The number of amides is 1. The van der Waals surface area contributed by atoms with Crippen molar-refractivity contribution in [1.82, 2.24) is 5.16 Å². The summed E-state index contributed by atoms with van der Waals surface area (Å²) < 4.78 is 9.76. The Balaban J connectivity index is 2.00. The molecule has 0 fully saturated rings. The molecule has 8 heteroatoms. The summed E-state index contributed by atoms with van der Waals surface area (Å²) in [6, 6.07) is 6.23. The zero-order valence-corrected chi connectivity index (χ0v) is 13.2. The number of rotatable bonds is 4. The topological polar surface area (TPSA) is 81.4 Å². The van der Waals surface area contributed by atoms with Gasteiger partial charge in [-0.05, 0) is 26.0 Å². The summed E-state index contributed by atoms with van der Waals surface area (Å²) in [6.07, 6.45) is -1.05. The number of nitrogens with zero attached hydrogens (tertiary/aromatic N) is 1. The number of carbonyl (C=O) groups excluding carboxylic acids is 2. The minimum Gasteiger partial charge on any atom is -0.447 e. The molecule has 0 aliphatic rings. The predicted octanol–water partition coefficient (Wildman–Crippen LogP) is 3.47. The summed E-state index contributed by atoms with van der Waals surface area (Å²) in [5, 5.41) is 6.62. The van der Waals surface area contributed by atoms with E-state index in [1.807, 2.05) is 0 Å². The van der Waals surface area contributed by atoms with Crippen molar-refractivity contribution >= 4 is 40.8 Å². The molecule has 0 unspecified atom stereocenters. The van der Waals surface area contributed by atoms with Crippen LogP contribution in [0.15, 0.2) is 28.8 Å². The number of benzene rings is 1. The second kappa shape index (κ2) is 6.81. The minimum atomic E-state index is -1.05. The fraction of sp³-hybridized carbons (Fsp3) is 0.214. The average molecular weight is 343 g/mol. The summed E-state index contributed by atoms with van der Waals surface area (Å²) in [7, 11) is 0. The van der Waals surface area contributed by atoms with Crippen molar-refractivity contribution in [1.29, 1.82) is 0 Å². The standard InChI is InChI=1S/C14H12Cl2N2O4/c1-7-6-11(22-18-7)14(20)21-8(2)13(19)17-10-5-3-4-9(15)12(10)16/h3-6,8H,1-2H3,(H,17,19)/t8-/m1/s1. The minimum absolute atomic E-state index is 0.0714. The van der Waals surface area contributed by atoms with E-state index in [-0.39, 0.29) is 10.8 Å². The van der Waals surface area contributed by atoms with Crippen LogP contribution in [-0.2, 0) is 9.53 Å². The van der Waals surface area contributed by atoms with Crippen molar-refractivity contribution in [3.8, 4) is 0 Å². The lowest BCUT2D eigenvalue weighted by Crippen LogP contribution is -2.30. The molecule has 0 saturated carbocycles. The van der Waals surface area contributed by atoms with Crippen molar-refractivity contribution < 1.29 is 18.8 Å². The molecule has 1 heterocycles. The van der Waals surface area contributed by atoms with Crippen molar-refractivity contribution in [2.24, 2.45) is 0 Å². The van der Waals surface area contributed by atoms with E-state index in [2.05, 4.69) is 10.5 Å².